The van der Waals surface area contributed by atoms with Crippen molar-refractivity contribution in [3.05, 3.63) is 64.2 Å². The number of anilines is 1. The molecule has 0 aromatic heterocycles. The van der Waals surface area contributed by atoms with Gasteiger partial charge in [0.25, 0.3) is 0 Å². The van der Waals surface area contributed by atoms with Gasteiger partial charge in [-0.25, -0.2) is 0 Å². The number of hydrogen-bond acceptors (Lipinski definition) is 1. The third-order valence-electron chi connectivity index (χ3n) is 3.66. The summed E-state index contributed by atoms with van der Waals surface area (Å²) in [7, 11) is 0. The molecular formula is C16H15Cl2N. The number of alkyl halides is 1. The molecule has 0 fully saturated rings. The molecule has 3 heteroatoms. The Labute approximate surface area is 123 Å². The third kappa shape index (κ3) is 2.58. The lowest BCUT2D eigenvalue weighted by Crippen LogP contribution is -2.30. The fourth-order valence-corrected chi connectivity index (χ4v) is 3.08. The van der Waals surface area contributed by atoms with E-state index in [1.165, 1.54) is 16.8 Å². The molecule has 2 aromatic rings. The fourth-order valence-electron chi connectivity index (χ4n) is 2.67. The van der Waals surface area contributed by atoms with E-state index in [1.807, 2.05) is 12.1 Å². The van der Waals surface area contributed by atoms with Gasteiger partial charge in [-0.2, -0.15) is 0 Å². The summed E-state index contributed by atoms with van der Waals surface area (Å²) in [6.45, 7) is 1.98. The standard InChI is InChI=1S/C16H15Cl2N/c17-10-14-9-15(18)5-6-16(14)19-8-7-12-3-1-2-4-13(12)11-19/h1-6,9H,7-8,10-11H2. The van der Waals surface area contributed by atoms with Gasteiger partial charge < -0.3 is 4.90 Å². The van der Waals surface area contributed by atoms with Crippen molar-refractivity contribution in [3.8, 4) is 0 Å². The Morgan fingerprint density at radius 3 is 2.63 bits per heavy atom. The van der Waals surface area contributed by atoms with E-state index in [2.05, 4.69) is 35.2 Å². The largest absolute Gasteiger partial charge is 0.367 e. The van der Waals surface area contributed by atoms with Crippen LogP contribution in [0.25, 0.3) is 0 Å². The smallest absolute Gasteiger partial charge is 0.0495 e. The molecule has 0 spiro atoms. The number of nitrogens with zero attached hydrogens (tertiary/aromatic N) is 1. The number of benzene rings is 2. The lowest BCUT2D eigenvalue weighted by molar-refractivity contribution is 0.729. The first kappa shape index (κ1) is 12.8. The van der Waals surface area contributed by atoms with Crippen LogP contribution in [0.5, 0.6) is 0 Å². The highest BCUT2D eigenvalue weighted by molar-refractivity contribution is 6.30. The molecule has 98 valence electrons. The highest BCUT2D eigenvalue weighted by Gasteiger charge is 2.18. The van der Waals surface area contributed by atoms with Crippen molar-refractivity contribution in [2.45, 2.75) is 18.8 Å². The summed E-state index contributed by atoms with van der Waals surface area (Å²) in [6, 6.07) is 14.6. The average molecular weight is 292 g/mol. The second-order valence-corrected chi connectivity index (χ2v) is 5.55. The van der Waals surface area contributed by atoms with Crippen molar-refractivity contribution in [2.75, 3.05) is 11.4 Å². The minimum Gasteiger partial charge on any atom is -0.367 e. The van der Waals surface area contributed by atoms with Gasteiger partial charge in [-0.1, -0.05) is 35.9 Å². The molecule has 3 rings (SSSR count). The summed E-state index contributed by atoms with van der Waals surface area (Å²) < 4.78 is 0. The molecule has 1 nitrogen and oxygen atoms in total. The van der Waals surface area contributed by atoms with Gasteiger partial charge in [-0.15, -0.1) is 11.6 Å². The van der Waals surface area contributed by atoms with Gasteiger partial charge in [0.15, 0.2) is 0 Å². The maximum Gasteiger partial charge on any atom is 0.0495 e. The van der Waals surface area contributed by atoms with Crippen molar-refractivity contribution in [2.24, 2.45) is 0 Å². The van der Waals surface area contributed by atoms with Crippen LogP contribution in [0.1, 0.15) is 16.7 Å². The lowest BCUT2D eigenvalue weighted by Gasteiger charge is -2.32. The lowest BCUT2D eigenvalue weighted by atomic mass is 9.99. The Hall–Kier alpha value is -1.18. The molecule has 2 aromatic carbocycles. The molecule has 0 N–H and O–H groups in total. The van der Waals surface area contributed by atoms with Gasteiger partial charge in [-0.3, -0.25) is 0 Å². The molecule has 0 saturated carbocycles. The molecule has 0 saturated heterocycles. The monoisotopic (exact) mass is 291 g/mol. The number of halogens is 2. The molecule has 0 atom stereocenters. The number of fused-ring (bicyclic) bond motifs is 1. The third-order valence-corrected chi connectivity index (χ3v) is 4.18. The second-order valence-electron chi connectivity index (χ2n) is 4.85. The van der Waals surface area contributed by atoms with Crippen LogP contribution in [-0.2, 0) is 18.8 Å². The highest BCUT2D eigenvalue weighted by atomic mass is 35.5. The topological polar surface area (TPSA) is 3.24 Å². The minimum atomic E-state index is 0.494. The average Bonchev–Trinajstić information content (AvgIpc) is 2.46. The van der Waals surface area contributed by atoms with E-state index in [0.717, 1.165) is 30.1 Å². The predicted molar refractivity (Wildman–Crippen MR) is 82.2 cm³/mol. The van der Waals surface area contributed by atoms with Crippen LogP contribution in [0.4, 0.5) is 5.69 Å². The first-order valence-corrected chi connectivity index (χ1v) is 7.35. The fraction of sp³-hybridized carbons (Fsp3) is 0.250. The molecule has 1 aliphatic heterocycles. The maximum atomic E-state index is 6.04. The first-order chi connectivity index (χ1) is 9.28. The van der Waals surface area contributed by atoms with Gasteiger partial charge in [0.05, 0.1) is 0 Å². The first-order valence-electron chi connectivity index (χ1n) is 6.44. The van der Waals surface area contributed by atoms with E-state index in [0.29, 0.717) is 5.88 Å². The zero-order chi connectivity index (χ0) is 13.2. The van der Waals surface area contributed by atoms with Crippen LogP contribution in [0.3, 0.4) is 0 Å². The van der Waals surface area contributed by atoms with E-state index in [-0.39, 0.29) is 0 Å². The summed E-state index contributed by atoms with van der Waals surface area (Å²) in [5.41, 5.74) is 5.17. The van der Waals surface area contributed by atoms with Gasteiger partial charge in [-0.05, 0) is 41.3 Å². The van der Waals surface area contributed by atoms with Crippen LogP contribution in [0.2, 0.25) is 5.02 Å². The van der Waals surface area contributed by atoms with Crippen molar-refractivity contribution in [1.82, 2.24) is 0 Å². The number of rotatable bonds is 2. The number of hydrogen-bond donors (Lipinski definition) is 0. The van der Waals surface area contributed by atoms with Gasteiger partial charge in [0.1, 0.15) is 0 Å². The van der Waals surface area contributed by atoms with E-state index >= 15 is 0 Å². The van der Waals surface area contributed by atoms with Crippen LogP contribution < -0.4 is 4.90 Å². The molecule has 0 radical (unpaired) electrons. The van der Waals surface area contributed by atoms with Gasteiger partial charge in [0.2, 0.25) is 0 Å². The molecule has 1 aliphatic rings. The predicted octanol–water partition coefficient (Wildman–Crippen LogP) is 4.64. The van der Waals surface area contributed by atoms with Gasteiger partial charge in [0, 0.05) is 29.7 Å². The quantitative estimate of drug-likeness (QED) is 0.729. The zero-order valence-corrected chi connectivity index (χ0v) is 12.1. The SMILES string of the molecule is ClCc1cc(Cl)ccc1N1CCc2ccccc2C1. The molecule has 0 amide bonds. The molecule has 0 bridgehead atoms. The summed E-state index contributed by atoms with van der Waals surface area (Å²) in [5.74, 6) is 0.494. The Balaban J connectivity index is 1.93. The van der Waals surface area contributed by atoms with Crippen molar-refractivity contribution < 1.29 is 0 Å². The summed E-state index contributed by atoms with van der Waals surface area (Å²) >= 11 is 12.1. The second kappa shape index (κ2) is 5.44. The summed E-state index contributed by atoms with van der Waals surface area (Å²) in [4.78, 5) is 2.39. The van der Waals surface area contributed by atoms with E-state index in [9.17, 15) is 0 Å². The minimum absolute atomic E-state index is 0.494. The highest BCUT2D eigenvalue weighted by Crippen LogP contribution is 2.30. The van der Waals surface area contributed by atoms with E-state index < -0.39 is 0 Å². The van der Waals surface area contributed by atoms with Crippen LogP contribution in [0, 0.1) is 0 Å². The van der Waals surface area contributed by atoms with Gasteiger partial charge >= 0.3 is 0 Å². The van der Waals surface area contributed by atoms with Crippen molar-refractivity contribution >= 4 is 28.9 Å². The summed E-state index contributed by atoms with van der Waals surface area (Å²) in [6.07, 6.45) is 1.08. The van der Waals surface area contributed by atoms with Crippen LogP contribution in [-0.4, -0.2) is 6.54 Å². The molecule has 19 heavy (non-hydrogen) atoms. The molecule has 0 unspecified atom stereocenters. The van der Waals surface area contributed by atoms with Crippen LogP contribution >= 0.6 is 23.2 Å². The van der Waals surface area contributed by atoms with Crippen molar-refractivity contribution in [3.63, 3.8) is 0 Å². The molecule has 0 aliphatic carbocycles. The Bertz CT molecular complexity index is 595. The Kier molecular flexibility index (Phi) is 3.67. The van der Waals surface area contributed by atoms with E-state index in [1.54, 1.807) is 0 Å². The Morgan fingerprint density at radius 1 is 1.05 bits per heavy atom. The molecule has 1 heterocycles. The van der Waals surface area contributed by atoms with Crippen LogP contribution in [0.15, 0.2) is 42.5 Å². The maximum absolute atomic E-state index is 6.04. The summed E-state index contributed by atoms with van der Waals surface area (Å²) in [5, 5.41) is 0.747. The normalized spacial score (nSPS) is 14.3. The zero-order valence-electron chi connectivity index (χ0n) is 10.6. The van der Waals surface area contributed by atoms with Crippen molar-refractivity contribution in [1.29, 1.82) is 0 Å². The Morgan fingerprint density at radius 2 is 1.84 bits per heavy atom. The molecular weight excluding hydrogens is 277 g/mol. The van der Waals surface area contributed by atoms with E-state index in [4.69, 9.17) is 23.2 Å².